The summed E-state index contributed by atoms with van der Waals surface area (Å²) >= 11 is 3.94. The fraction of sp³-hybridized carbons (Fsp3) is 0.455. The largest absolute Gasteiger partial charge is 0.480 e. The Hall–Kier alpha value is -3.09. The van der Waals surface area contributed by atoms with Crippen LogP contribution in [0.2, 0.25) is 0 Å². The second kappa shape index (κ2) is 11.4. The molecular formula is C22H29N5O6S. The van der Waals surface area contributed by atoms with Crippen molar-refractivity contribution in [2.24, 2.45) is 5.73 Å². The molecule has 1 aliphatic rings. The molecule has 1 aromatic heterocycles. The molecule has 2 heterocycles. The van der Waals surface area contributed by atoms with Crippen LogP contribution in [0.15, 0.2) is 30.5 Å². The summed E-state index contributed by atoms with van der Waals surface area (Å²) in [5, 5.41) is 25.1. The first-order valence-electron chi connectivity index (χ1n) is 10.9. The topological polar surface area (TPSA) is 178 Å². The number of aliphatic hydroxyl groups excluding tert-OH is 1. The van der Waals surface area contributed by atoms with E-state index in [0.717, 1.165) is 16.5 Å². The number of carboxylic acid groups (broad SMARTS) is 1. The van der Waals surface area contributed by atoms with Crippen LogP contribution in [-0.4, -0.2) is 86.9 Å². The number of fused-ring (bicyclic) bond motifs is 1. The molecule has 0 bridgehead atoms. The first-order valence-corrected chi connectivity index (χ1v) is 11.6. The van der Waals surface area contributed by atoms with Crippen molar-refractivity contribution in [2.45, 2.75) is 43.4 Å². The predicted octanol–water partition coefficient (Wildman–Crippen LogP) is -0.995. The highest BCUT2D eigenvalue weighted by molar-refractivity contribution is 7.80. The number of nitrogens with one attached hydrogen (secondary N) is 3. The molecule has 2 aromatic rings. The highest BCUT2D eigenvalue weighted by Gasteiger charge is 2.39. The molecule has 1 aliphatic heterocycles. The summed E-state index contributed by atoms with van der Waals surface area (Å²) in [5.41, 5.74) is 7.20. The molecule has 0 saturated carbocycles. The number of nitrogens with two attached hydrogens (primary N) is 1. The van der Waals surface area contributed by atoms with Crippen molar-refractivity contribution < 1.29 is 29.4 Å². The van der Waals surface area contributed by atoms with Gasteiger partial charge < -0.3 is 36.5 Å². The number of carbonyl (C=O) groups is 4. The van der Waals surface area contributed by atoms with Crippen molar-refractivity contribution in [3.05, 3.63) is 36.0 Å². The normalized spacial score (nSPS) is 18.3. The Balaban J connectivity index is 1.69. The van der Waals surface area contributed by atoms with Gasteiger partial charge in [0.05, 0.1) is 12.6 Å². The maximum atomic E-state index is 13.0. The average molecular weight is 492 g/mol. The van der Waals surface area contributed by atoms with Crippen molar-refractivity contribution in [1.82, 2.24) is 20.5 Å². The van der Waals surface area contributed by atoms with Crippen molar-refractivity contribution in [1.29, 1.82) is 0 Å². The zero-order chi connectivity index (χ0) is 24.8. The molecule has 4 atom stereocenters. The van der Waals surface area contributed by atoms with Gasteiger partial charge in [0, 0.05) is 35.8 Å². The standard InChI is InChI=1S/C22H29N5O6S/c23-14(11-34)19(29)26-17(10-28)21(31)27-7-3-6-18(27)20(30)25-16(22(32)33)8-12-9-24-15-5-2-1-4-13(12)15/h1-2,4-5,9,14,16-18,24,28,34H,3,6-8,10-11,23H2,(H,25,30)(H,26,29)(H,32,33). The number of aliphatic hydroxyl groups is 1. The van der Waals surface area contributed by atoms with Crippen LogP contribution < -0.4 is 16.4 Å². The first kappa shape index (κ1) is 25.5. The Morgan fingerprint density at radius 1 is 1.21 bits per heavy atom. The molecule has 3 amide bonds. The molecule has 0 radical (unpaired) electrons. The van der Waals surface area contributed by atoms with Crippen LogP contribution in [0.25, 0.3) is 10.9 Å². The molecule has 4 unspecified atom stereocenters. The van der Waals surface area contributed by atoms with E-state index < -0.39 is 54.5 Å². The van der Waals surface area contributed by atoms with Crippen molar-refractivity contribution in [3.63, 3.8) is 0 Å². The fourth-order valence-corrected chi connectivity index (χ4v) is 4.20. The maximum absolute atomic E-state index is 13.0. The van der Waals surface area contributed by atoms with Gasteiger partial charge in [-0.25, -0.2) is 4.79 Å². The summed E-state index contributed by atoms with van der Waals surface area (Å²) in [6.45, 7) is -0.435. The number of hydrogen-bond donors (Lipinski definition) is 7. The Kier molecular flexibility index (Phi) is 8.53. The molecule has 34 heavy (non-hydrogen) atoms. The Bertz CT molecular complexity index is 1060. The minimum atomic E-state index is -1.27. The van der Waals surface area contributed by atoms with E-state index >= 15 is 0 Å². The van der Waals surface area contributed by atoms with Gasteiger partial charge in [0.2, 0.25) is 17.7 Å². The quantitative estimate of drug-likeness (QED) is 0.208. The van der Waals surface area contributed by atoms with Gasteiger partial charge in [-0.2, -0.15) is 12.6 Å². The van der Waals surface area contributed by atoms with Crippen LogP contribution in [-0.2, 0) is 25.6 Å². The molecule has 0 spiro atoms. The van der Waals surface area contributed by atoms with Crippen LogP contribution in [0.3, 0.4) is 0 Å². The van der Waals surface area contributed by atoms with Gasteiger partial charge in [-0.15, -0.1) is 0 Å². The first-order chi connectivity index (χ1) is 16.3. The number of amides is 3. The summed E-state index contributed by atoms with van der Waals surface area (Å²) in [7, 11) is 0. The van der Waals surface area contributed by atoms with Crippen LogP contribution in [0, 0.1) is 0 Å². The molecule has 0 aliphatic carbocycles. The number of aliphatic carboxylic acids is 1. The number of H-pyrrole nitrogens is 1. The van der Waals surface area contributed by atoms with E-state index in [1.54, 1.807) is 6.20 Å². The highest BCUT2D eigenvalue weighted by Crippen LogP contribution is 2.21. The van der Waals surface area contributed by atoms with E-state index in [1.807, 2.05) is 24.3 Å². The molecule has 184 valence electrons. The molecule has 12 heteroatoms. The summed E-state index contributed by atoms with van der Waals surface area (Å²) in [6, 6.07) is 3.09. The number of aromatic nitrogens is 1. The van der Waals surface area contributed by atoms with Gasteiger partial charge in [-0.3, -0.25) is 14.4 Å². The lowest BCUT2D eigenvalue weighted by atomic mass is 10.0. The Labute approximate surface area is 201 Å². The maximum Gasteiger partial charge on any atom is 0.326 e. The Morgan fingerprint density at radius 2 is 1.94 bits per heavy atom. The van der Waals surface area contributed by atoms with Crippen LogP contribution in [0.5, 0.6) is 0 Å². The Morgan fingerprint density at radius 3 is 2.62 bits per heavy atom. The summed E-state index contributed by atoms with van der Waals surface area (Å²) < 4.78 is 0. The number of carboxylic acids is 1. The average Bonchev–Trinajstić information content (AvgIpc) is 3.48. The van der Waals surface area contributed by atoms with Crippen molar-refractivity contribution in [2.75, 3.05) is 18.9 Å². The lowest BCUT2D eigenvalue weighted by molar-refractivity contribution is -0.145. The van der Waals surface area contributed by atoms with Gasteiger partial charge in [-0.05, 0) is 24.5 Å². The van der Waals surface area contributed by atoms with Crippen molar-refractivity contribution in [3.8, 4) is 0 Å². The lowest BCUT2D eigenvalue weighted by Gasteiger charge is -2.29. The fourth-order valence-electron chi connectivity index (χ4n) is 4.04. The molecular weight excluding hydrogens is 462 g/mol. The van der Waals surface area contributed by atoms with Crippen molar-refractivity contribution >= 4 is 47.2 Å². The minimum absolute atomic E-state index is 0.0555. The van der Waals surface area contributed by atoms with Gasteiger partial charge in [0.15, 0.2) is 0 Å². The smallest absolute Gasteiger partial charge is 0.326 e. The third-order valence-electron chi connectivity index (χ3n) is 5.88. The number of carbonyl (C=O) groups excluding carboxylic acids is 3. The number of rotatable bonds is 10. The monoisotopic (exact) mass is 491 g/mol. The second-order valence-corrected chi connectivity index (χ2v) is 8.55. The number of para-hydroxylation sites is 1. The molecule has 3 rings (SSSR count). The van der Waals surface area contributed by atoms with E-state index in [1.165, 1.54) is 4.90 Å². The van der Waals surface area contributed by atoms with Gasteiger partial charge in [0.25, 0.3) is 0 Å². The van der Waals surface area contributed by atoms with Gasteiger partial charge in [0.1, 0.15) is 18.1 Å². The SMILES string of the molecule is NC(CS)C(=O)NC(CO)C(=O)N1CCCC1C(=O)NC(Cc1c[nH]c2ccccc12)C(=O)O. The van der Waals surface area contributed by atoms with Gasteiger partial charge >= 0.3 is 5.97 Å². The minimum Gasteiger partial charge on any atom is -0.480 e. The molecule has 1 fully saturated rings. The highest BCUT2D eigenvalue weighted by atomic mass is 32.1. The zero-order valence-electron chi connectivity index (χ0n) is 18.4. The molecule has 1 aromatic carbocycles. The third kappa shape index (κ3) is 5.69. The van der Waals surface area contributed by atoms with E-state index in [4.69, 9.17) is 5.73 Å². The lowest BCUT2D eigenvalue weighted by Crippen LogP contribution is -2.58. The summed E-state index contributed by atoms with van der Waals surface area (Å²) in [5.74, 6) is -3.03. The molecule has 7 N–H and O–H groups in total. The van der Waals surface area contributed by atoms with Crippen LogP contribution in [0.1, 0.15) is 18.4 Å². The van der Waals surface area contributed by atoms with E-state index in [2.05, 4.69) is 28.2 Å². The third-order valence-corrected chi connectivity index (χ3v) is 6.28. The summed E-state index contributed by atoms with van der Waals surface area (Å²) in [4.78, 5) is 54.2. The molecule has 11 nitrogen and oxygen atoms in total. The van der Waals surface area contributed by atoms with Gasteiger partial charge in [-0.1, -0.05) is 18.2 Å². The number of nitrogens with zero attached hydrogens (tertiary/aromatic N) is 1. The number of aromatic amines is 1. The van der Waals surface area contributed by atoms with E-state index in [-0.39, 0.29) is 18.7 Å². The zero-order valence-corrected chi connectivity index (χ0v) is 19.3. The van der Waals surface area contributed by atoms with E-state index in [0.29, 0.717) is 12.8 Å². The van der Waals surface area contributed by atoms with Crippen LogP contribution >= 0.6 is 12.6 Å². The second-order valence-electron chi connectivity index (χ2n) is 8.19. The van der Waals surface area contributed by atoms with E-state index in [9.17, 15) is 29.4 Å². The number of benzene rings is 1. The number of hydrogen-bond acceptors (Lipinski definition) is 7. The summed E-state index contributed by atoms with van der Waals surface area (Å²) in [6.07, 6.45) is 2.62. The van der Waals surface area contributed by atoms with Crippen LogP contribution in [0.4, 0.5) is 0 Å². The number of thiol groups is 1. The molecule has 1 saturated heterocycles. The number of likely N-dealkylation sites (tertiary alicyclic amines) is 1. The predicted molar refractivity (Wildman–Crippen MR) is 127 cm³/mol.